The summed E-state index contributed by atoms with van der Waals surface area (Å²) in [6, 6.07) is -0.803. The van der Waals surface area contributed by atoms with E-state index in [0.29, 0.717) is 0 Å². The van der Waals surface area contributed by atoms with Crippen molar-refractivity contribution < 1.29 is 14.7 Å². The summed E-state index contributed by atoms with van der Waals surface area (Å²) >= 11 is 0. The number of nitrogens with one attached hydrogen (secondary N) is 1. The summed E-state index contributed by atoms with van der Waals surface area (Å²) in [5.74, 6) is -1.33. The molecule has 0 aliphatic rings. The van der Waals surface area contributed by atoms with Crippen LogP contribution in [0.3, 0.4) is 0 Å². The van der Waals surface area contributed by atoms with Gasteiger partial charge in [-0.05, 0) is 19.0 Å². The number of carboxylic acids is 1. The van der Waals surface area contributed by atoms with Crippen LogP contribution in [0.15, 0.2) is 0 Å². The normalized spacial score (nSPS) is 12.1. The van der Waals surface area contributed by atoms with Gasteiger partial charge in [-0.15, -0.1) is 12.4 Å². The van der Waals surface area contributed by atoms with Gasteiger partial charge in [0.15, 0.2) is 0 Å². The van der Waals surface area contributed by atoms with Crippen molar-refractivity contribution in [3.05, 3.63) is 0 Å². The molecule has 0 saturated heterocycles. The number of aliphatic carboxylic acids is 1. The Balaban J connectivity index is 0. The van der Waals surface area contributed by atoms with Crippen LogP contribution in [0.5, 0.6) is 0 Å². The third-order valence-electron chi connectivity index (χ3n) is 2.51. The molecule has 0 aliphatic heterocycles. The van der Waals surface area contributed by atoms with Crippen molar-refractivity contribution in [1.29, 1.82) is 0 Å². The van der Waals surface area contributed by atoms with Crippen LogP contribution in [0.2, 0.25) is 0 Å². The highest BCUT2D eigenvalue weighted by Crippen LogP contribution is 2.01. The predicted molar refractivity (Wildman–Crippen MR) is 69.4 cm³/mol. The number of amides is 1. The Hall–Kier alpha value is -0.810. The molecule has 102 valence electrons. The van der Waals surface area contributed by atoms with Gasteiger partial charge in [0.2, 0.25) is 5.91 Å². The van der Waals surface area contributed by atoms with Crippen LogP contribution in [0, 0.1) is 5.92 Å². The fraction of sp³-hybridized carbons (Fsp3) is 0.818. The molecule has 0 aromatic rings. The summed E-state index contributed by atoms with van der Waals surface area (Å²) < 4.78 is 0. The molecule has 0 radical (unpaired) electrons. The van der Waals surface area contributed by atoms with Crippen LogP contribution in [0.1, 0.15) is 27.7 Å². The summed E-state index contributed by atoms with van der Waals surface area (Å²) in [5, 5.41) is 11.4. The van der Waals surface area contributed by atoms with E-state index in [9.17, 15) is 9.59 Å². The van der Waals surface area contributed by atoms with E-state index in [4.69, 9.17) is 5.11 Å². The van der Waals surface area contributed by atoms with Gasteiger partial charge in [-0.2, -0.15) is 0 Å². The van der Waals surface area contributed by atoms with Crippen LogP contribution in [-0.4, -0.2) is 47.6 Å². The lowest BCUT2D eigenvalue weighted by Crippen LogP contribution is -2.48. The van der Waals surface area contributed by atoms with Gasteiger partial charge in [0.1, 0.15) is 6.04 Å². The summed E-state index contributed by atoms with van der Waals surface area (Å²) in [6.45, 7) is 9.30. The molecule has 0 saturated carbocycles. The largest absolute Gasteiger partial charge is 0.480 e. The second-order valence-electron chi connectivity index (χ2n) is 4.09. The minimum atomic E-state index is -0.983. The maximum Gasteiger partial charge on any atom is 0.326 e. The second kappa shape index (κ2) is 9.24. The molecule has 17 heavy (non-hydrogen) atoms. The van der Waals surface area contributed by atoms with E-state index in [-0.39, 0.29) is 30.8 Å². The van der Waals surface area contributed by atoms with Gasteiger partial charge >= 0.3 is 5.97 Å². The molecule has 0 rings (SSSR count). The first-order valence-electron chi connectivity index (χ1n) is 5.66. The van der Waals surface area contributed by atoms with Gasteiger partial charge in [-0.1, -0.05) is 27.7 Å². The fourth-order valence-corrected chi connectivity index (χ4v) is 1.38. The van der Waals surface area contributed by atoms with Crippen molar-refractivity contribution in [3.8, 4) is 0 Å². The van der Waals surface area contributed by atoms with Crippen LogP contribution in [0.4, 0.5) is 0 Å². The maximum atomic E-state index is 11.6. The predicted octanol–water partition coefficient (Wildman–Crippen LogP) is 0.975. The molecule has 0 fully saturated rings. The zero-order valence-electron chi connectivity index (χ0n) is 10.9. The first kappa shape index (κ1) is 18.6. The highest BCUT2D eigenvalue weighted by molar-refractivity contribution is 5.85. The third-order valence-corrected chi connectivity index (χ3v) is 2.51. The molecule has 1 atom stereocenters. The number of hydrogen-bond acceptors (Lipinski definition) is 3. The van der Waals surface area contributed by atoms with Crippen molar-refractivity contribution in [2.75, 3.05) is 19.6 Å². The molecule has 0 aliphatic carbocycles. The highest BCUT2D eigenvalue weighted by Gasteiger charge is 2.23. The molecular formula is C11H23ClN2O3. The molecule has 6 heteroatoms. The van der Waals surface area contributed by atoms with Gasteiger partial charge in [0, 0.05) is 0 Å². The minimum Gasteiger partial charge on any atom is -0.480 e. The van der Waals surface area contributed by atoms with E-state index in [2.05, 4.69) is 5.32 Å². The Morgan fingerprint density at radius 2 is 1.71 bits per heavy atom. The number of carbonyl (C=O) groups is 2. The van der Waals surface area contributed by atoms with Gasteiger partial charge in [-0.3, -0.25) is 9.69 Å². The molecule has 0 aromatic heterocycles. The van der Waals surface area contributed by atoms with Crippen LogP contribution in [-0.2, 0) is 9.59 Å². The van der Waals surface area contributed by atoms with Crippen LogP contribution < -0.4 is 5.32 Å². The molecule has 5 nitrogen and oxygen atoms in total. The summed E-state index contributed by atoms with van der Waals surface area (Å²) in [6.07, 6.45) is 0. The van der Waals surface area contributed by atoms with E-state index in [1.807, 2.05) is 18.7 Å². The van der Waals surface area contributed by atoms with E-state index in [1.54, 1.807) is 13.8 Å². The van der Waals surface area contributed by atoms with Crippen LogP contribution in [0.25, 0.3) is 0 Å². The average molecular weight is 267 g/mol. The number of hydrogen-bond donors (Lipinski definition) is 2. The number of rotatable bonds is 7. The Labute approximate surface area is 109 Å². The molecule has 0 bridgehead atoms. The zero-order chi connectivity index (χ0) is 12.7. The summed E-state index contributed by atoms with van der Waals surface area (Å²) in [7, 11) is 0. The van der Waals surface area contributed by atoms with Gasteiger partial charge in [-0.25, -0.2) is 4.79 Å². The maximum absolute atomic E-state index is 11.6. The number of carbonyl (C=O) groups excluding carboxylic acids is 1. The first-order chi connectivity index (χ1) is 7.42. The molecule has 1 unspecified atom stereocenters. The zero-order valence-corrected chi connectivity index (χ0v) is 11.7. The Morgan fingerprint density at radius 1 is 1.24 bits per heavy atom. The van der Waals surface area contributed by atoms with Crippen molar-refractivity contribution >= 4 is 24.3 Å². The topological polar surface area (TPSA) is 69.6 Å². The number of likely N-dealkylation sites (N-methyl/N-ethyl adjacent to an activating group) is 1. The number of carboxylic acid groups (broad SMARTS) is 1. The van der Waals surface area contributed by atoms with E-state index >= 15 is 0 Å². The van der Waals surface area contributed by atoms with E-state index in [1.165, 1.54) is 0 Å². The lowest BCUT2D eigenvalue weighted by molar-refractivity contribution is -0.143. The quantitative estimate of drug-likeness (QED) is 0.721. The van der Waals surface area contributed by atoms with Gasteiger partial charge < -0.3 is 10.4 Å². The first-order valence-corrected chi connectivity index (χ1v) is 5.66. The number of halogens is 1. The standard InChI is InChI=1S/C11H22N2O3.ClH/c1-5-13(6-2)7-9(14)12-10(8(3)4)11(15)16;/h8,10H,5-7H2,1-4H3,(H,12,14)(H,15,16);1H. The van der Waals surface area contributed by atoms with Crippen molar-refractivity contribution in [2.24, 2.45) is 5.92 Å². The smallest absolute Gasteiger partial charge is 0.326 e. The fourth-order valence-electron chi connectivity index (χ4n) is 1.38. The highest BCUT2D eigenvalue weighted by atomic mass is 35.5. The van der Waals surface area contributed by atoms with Gasteiger partial charge in [0.25, 0.3) is 0 Å². The lowest BCUT2D eigenvalue weighted by atomic mass is 10.0. The van der Waals surface area contributed by atoms with Crippen molar-refractivity contribution in [2.45, 2.75) is 33.7 Å². The summed E-state index contributed by atoms with van der Waals surface area (Å²) in [4.78, 5) is 24.4. The summed E-state index contributed by atoms with van der Waals surface area (Å²) in [5.41, 5.74) is 0. The minimum absolute atomic E-state index is 0. The Bertz CT molecular complexity index is 243. The molecule has 0 aromatic carbocycles. The monoisotopic (exact) mass is 266 g/mol. The SMILES string of the molecule is CCN(CC)CC(=O)NC(C(=O)O)C(C)C.Cl. The van der Waals surface area contributed by atoms with Gasteiger partial charge in [0.05, 0.1) is 6.54 Å². The molecule has 0 spiro atoms. The van der Waals surface area contributed by atoms with Crippen LogP contribution >= 0.6 is 12.4 Å². The number of nitrogens with zero attached hydrogens (tertiary/aromatic N) is 1. The molecular weight excluding hydrogens is 244 g/mol. The van der Waals surface area contributed by atoms with Crippen molar-refractivity contribution in [1.82, 2.24) is 10.2 Å². The Morgan fingerprint density at radius 3 is 2.00 bits per heavy atom. The Kier molecular flexibility index (Phi) is 10.1. The van der Waals surface area contributed by atoms with E-state index < -0.39 is 12.0 Å². The third kappa shape index (κ3) is 7.18. The lowest BCUT2D eigenvalue weighted by Gasteiger charge is -2.21. The van der Waals surface area contributed by atoms with E-state index in [0.717, 1.165) is 13.1 Å². The van der Waals surface area contributed by atoms with Crippen molar-refractivity contribution in [3.63, 3.8) is 0 Å². The molecule has 2 N–H and O–H groups in total. The molecule has 1 amide bonds. The average Bonchev–Trinajstić information content (AvgIpc) is 2.21. The second-order valence-corrected chi connectivity index (χ2v) is 4.09. The molecule has 0 heterocycles.